The van der Waals surface area contributed by atoms with Crippen molar-refractivity contribution in [1.82, 2.24) is 0 Å². The molecule has 0 radical (unpaired) electrons. The van der Waals surface area contributed by atoms with Gasteiger partial charge in [-0.15, -0.1) is 0 Å². The molecule has 0 aromatic heterocycles. The van der Waals surface area contributed by atoms with Crippen LogP contribution in [0.1, 0.15) is 50.7 Å². The van der Waals surface area contributed by atoms with E-state index in [4.69, 9.17) is 10.5 Å². The van der Waals surface area contributed by atoms with Crippen LogP contribution in [-0.2, 0) is 4.79 Å². The molecule has 0 heterocycles. The molecule has 25 heavy (non-hydrogen) atoms. The molecule has 1 amide bonds. The van der Waals surface area contributed by atoms with E-state index in [2.05, 4.69) is 25.2 Å². The summed E-state index contributed by atoms with van der Waals surface area (Å²) in [4.78, 5) is 12.7. The van der Waals surface area contributed by atoms with Crippen LogP contribution >= 0.6 is 0 Å². The Morgan fingerprint density at radius 1 is 1.12 bits per heavy atom. The van der Waals surface area contributed by atoms with E-state index >= 15 is 0 Å². The third-order valence-corrected chi connectivity index (χ3v) is 4.63. The Balaban J connectivity index is 2.17. The van der Waals surface area contributed by atoms with E-state index in [1.165, 1.54) is 0 Å². The minimum Gasteiger partial charge on any atom is -0.480 e. The van der Waals surface area contributed by atoms with Crippen LogP contribution in [0.15, 0.2) is 42.5 Å². The van der Waals surface area contributed by atoms with E-state index in [1.807, 2.05) is 50.2 Å². The van der Waals surface area contributed by atoms with Crippen LogP contribution < -0.4 is 15.8 Å². The van der Waals surface area contributed by atoms with Crippen LogP contribution in [0.5, 0.6) is 5.75 Å². The van der Waals surface area contributed by atoms with Gasteiger partial charge in [-0.2, -0.15) is 0 Å². The van der Waals surface area contributed by atoms with Crippen molar-refractivity contribution < 1.29 is 9.53 Å². The first kappa shape index (κ1) is 18.8. The van der Waals surface area contributed by atoms with Crippen LogP contribution in [0.4, 0.5) is 11.4 Å². The summed E-state index contributed by atoms with van der Waals surface area (Å²) in [5.74, 6) is 1.01. The second-order valence-electron chi connectivity index (χ2n) is 6.37. The van der Waals surface area contributed by atoms with Crippen molar-refractivity contribution in [3.8, 4) is 5.75 Å². The zero-order valence-electron chi connectivity index (χ0n) is 15.5. The van der Waals surface area contributed by atoms with E-state index in [-0.39, 0.29) is 5.91 Å². The summed E-state index contributed by atoms with van der Waals surface area (Å²) in [7, 11) is 0. The zero-order chi connectivity index (χ0) is 18.4. The van der Waals surface area contributed by atoms with Crippen LogP contribution in [0.2, 0.25) is 0 Å². The highest BCUT2D eigenvalue weighted by Gasteiger charge is 2.21. The van der Waals surface area contributed by atoms with Crippen molar-refractivity contribution in [1.29, 1.82) is 0 Å². The molecule has 2 rings (SSSR count). The van der Waals surface area contributed by atoms with Gasteiger partial charge in [-0.05, 0) is 55.0 Å². The molecule has 0 saturated heterocycles. The molecule has 134 valence electrons. The van der Waals surface area contributed by atoms with Gasteiger partial charge >= 0.3 is 0 Å². The lowest BCUT2D eigenvalue weighted by molar-refractivity contribution is -0.122. The number of benzene rings is 2. The molecule has 3 N–H and O–H groups in total. The normalized spacial score (nSPS) is 13.1. The van der Waals surface area contributed by atoms with E-state index in [0.717, 1.165) is 29.0 Å². The SMILES string of the molecule is CC[C@H](Oc1ccccc1[C@H](C)CC)C(=O)Nc1cccc(N)c1C. The smallest absolute Gasteiger partial charge is 0.265 e. The molecule has 0 unspecified atom stereocenters. The summed E-state index contributed by atoms with van der Waals surface area (Å²) in [6.07, 6.45) is 1.06. The number of hydrogen-bond donors (Lipinski definition) is 2. The molecule has 0 spiro atoms. The summed E-state index contributed by atoms with van der Waals surface area (Å²) < 4.78 is 6.08. The summed E-state index contributed by atoms with van der Waals surface area (Å²) >= 11 is 0. The van der Waals surface area contributed by atoms with Gasteiger partial charge in [0.1, 0.15) is 5.75 Å². The topological polar surface area (TPSA) is 64.3 Å². The number of nitrogens with two attached hydrogens (primary N) is 1. The van der Waals surface area contributed by atoms with Crippen molar-refractivity contribution in [3.05, 3.63) is 53.6 Å². The molecular weight excluding hydrogens is 312 g/mol. The first-order valence-electron chi connectivity index (χ1n) is 8.89. The van der Waals surface area contributed by atoms with E-state index in [9.17, 15) is 4.79 Å². The lowest BCUT2D eigenvalue weighted by atomic mass is 9.98. The minimum atomic E-state index is -0.550. The Morgan fingerprint density at radius 2 is 1.84 bits per heavy atom. The molecule has 0 fully saturated rings. The standard InChI is InChI=1S/C21H28N2O2/c1-5-14(3)16-10-7-8-13-20(16)25-19(6-2)21(24)23-18-12-9-11-17(22)15(18)4/h7-14,19H,5-6,22H2,1-4H3,(H,23,24)/t14-,19+/m1/s1. The Bertz CT molecular complexity index is 728. The zero-order valence-corrected chi connectivity index (χ0v) is 15.5. The highest BCUT2D eigenvalue weighted by molar-refractivity contribution is 5.95. The lowest BCUT2D eigenvalue weighted by Gasteiger charge is -2.22. The molecular formula is C21H28N2O2. The van der Waals surface area contributed by atoms with Gasteiger partial charge in [0.15, 0.2) is 6.10 Å². The molecule has 4 nitrogen and oxygen atoms in total. The quantitative estimate of drug-likeness (QED) is 0.706. The fraction of sp³-hybridized carbons (Fsp3) is 0.381. The highest BCUT2D eigenvalue weighted by atomic mass is 16.5. The predicted octanol–water partition coefficient (Wildman–Crippen LogP) is 4.89. The number of anilines is 2. The number of carbonyl (C=O) groups is 1. The third kappa shape index (κ3) is 4.53. The van der Waals surface area contributed by atoms with Gasteiger partial charge in [0.2, 0.25) is 0 Å². The fourth-order valence-corrected chi connectivity index (χ4v) is 2.69. The van der Waals surface area contributed by atoms with Gasteiger partial charge in [0.25, 0.3) is 5.91 Å². The molecule has 0 aliphatic carbocycles. The number of carbonyl (C=O) groups excluding carboxylic acids is 1. The van der Waals surface area contributed by atoms with Crippen molar-refractivity contribution in [2.45, 2.75) is 52.6 Å². The Hall–Kier alpha value is -2.49. The summed E-state index contributed by atoms with van der Waals surface area (Å²) in [6.45, 7) is 8.15. The summed E-state index contributed by atoms with van der Waals surface area (Å²) in [6, 6.07) is 13.4. The molecule has 0 saturated carbocycles. The average molecular weight is 340 g/mol. The Kier molecular flexibility index (Phi) is 6.45. The van der Waals surface area contributed by atoms with Crippen LogP contribution in [0.25, 0.3) is 0 Å². The second kappa shape index (κ2) is 8.56. The highest BCUT2D eigenvalue weighted by Crippen LogP contribution is 2.30. The largest absolute Gasteiger partial charge is 0.480 e. The van der Waals surface area contributed by atoms with Gasteiger partial charge in [-0.3, -0.25) is 4.79 Å². The Morgan fingerprint density at radius 3 is 2.52 bits per heavy atom. The van der Waals surface area contributed by atoms with Gasteiger partial charge in [-0.1, -0.05) is 45.0 Å². The predicted molar refractivity (Wildman–Crippen MR) is 104 cm³/mol. The first-order valence-corrected chi connectivity index (χ1v) is 8.89. The maximum Gasteiger partial charge on any atom is 0.265 e. The van der Waals surface area contributed by atoms with E-state index in [0.29, 0.717) is 18.0 Å². The maximum atomic E-state index is 12.7. The number of hydrogen-bond acceptors (Lipinski definition) is 3. The van der Waals surface area contributed by atoms with Crippen LogP contribution in [-0.4, -0.2) is 12.0 Å². The van der Waals surface area contributed by atoms with Crippen molar-refractivity contribution in [2.24, 2.45) is 0 Å². The van der Waals surface area contributed by atoms with Crippen LogP contribution in [0, 0.1) is 6.92 Å². The molecule has 0 aliphatic heterocycles. The van der Waals surface area contributed by atoms with Gasteiger partial charge < -0.3 is 15.8 Å². The van der Waals surface area contributed by atoms with E-state index < -0.39 is 6.10 Å². The van der Waals surface area contributed by atoms with Gasteiger partial charge in [-0.25, -0.2) is 0 Å². The molecule has 2 aromatic carbocycles. The number of ether oxygens (including phenoxy) is 1. The van der Waals surface area contributed by atoms with Crippen molar-refractivity contribution in [3.63, 3.8) is 0 Å². The number of rotatable bonds is 7. The monoisotopic (exact) mass is 340 g/mol. The number of para-hydroxylation sites is 1. The summed E-state index contributed by atoms with van der Waals surface area (Å²) in [5.41, 5.74) is 9.30. The number of nitrogen functional groups attached to an aromatic ring is 1. The molecule has 0 bridgehead atoms. The lowest BCUT2D eigenvalue weighted by Crippen LogP contribution is -2.33. The van der Waals surface area contributed by atoms with Crippen LogP contribution in [0.3, 0.4) is 0 Å². The van der Waals surface area contributed by atoms with Gasteiger partial charge in [0.05, 0.1) is 0 Å². The molecule has 4 heteroatoms. The second-order valence-corrected chi connectivity index (χ2v) is 6.37. The van der Waals surface area contributed by atoms with Gasteiger partial charge in [0, 0.05) is 11.4 Å². The first-order chi connectivity index (χ1) is 12.0. The van der Waals surface area contributed by atoms with Crippen molar-refractivity contribution >= 4 is 17.3 Å². The maximum absolute atomic E-state index is 12.7. The third-order valence-electron chi connectivity index (χ3n) is 4.63. The Labute approximate surface area is 150 Å². The summed E-state index contributed by atoms with van der Waals surface area (Å²) in [5, 5.41) is 2.94. The molecule has 0 aliphatic rings. The van der Waals surface area contributed by atoms with Crippen molar-refractivity contribution in [2.75, 3.05) is 11.1 Å². The molecule has 2 aromatic rings. The number of amides is 1. The fourth-order valence-electron chi connectivity index (χ4n) is 2.69. The average Bonchev–Trinajstić information content (AvgIpc) is 2.63. The number of nitrogens with one attached hydrogen (secondary N) is 1. The minimum absolute atomic E-state index is 0.157. The molecule has 2 atom stereocenters. The van der Waals surface area contributed by atoms with E-state index in [1.54, 1.807) is 0 Å².